The monoisotopic (exact) mass is 553 g/mol. The van der Waals surface area contributed by atoms with Crippen molar-refractivity contribution in [2.75, 3.05) is 36.4 Å². The molecule has 1 unspecified atom stereocenters. The Morgan fingerprint density at radius 3 is 2.38 bits per heavy atom. The summed E-state index contributed by atoms with van der Waals surface area (Å²) >= 11 is 12.7. The van der Waals surface area contributed by atoms with E-state index < -0.39 is 29.4 Å². The maximum atomic E-state index is 14.4. The second kappa shape index (κ2) is 9.57. The Hall–Kier alpha value is -3.24. The zero-order chi connectivity index (χ0) is 26.5. The third-order valence-corrected chi connectivity index (χ3v) is 7.28. The zero-order valence-electron chi connectivity index (χ0n) is 19.5. The summed E-state index contributed by atoms with van der Waals surface area (Å²) in [6.45, 7) is 2.73. The molecule has 1 fully saturated rings. The molecule has 2 aliphatic heterocycles. The number of aryl methyl sites for hydroxylation is 1. The lowest BCUT2D eigenvalue weighted by Gasteiger charge is -2.39. The minimum Gasteiger partial charge on any atom is -0.368 e. The lowest BCUT2D eigenvalue weighted by atomic mass is 9.93. The number of halogens is 6. The van der Waals surface area contributed by atoms with Gasteiger partial charge in [-0.2, -0.15) is 18.3 Å². The predicted molar refractivity (Wildman–Crippen MR) is 133 cm³/mol. The summed E-state index contributed by atoms with van der Waals surface area (Å²) in [4.78, 5) is 17.2. The van der Waals surface area contributed by atoms with Gasteiger partial charge in [0.15, 0.2) is 0 Å². The van der Waals surface area contributed by atoms with E-state index in [4.69, 9.17) is 23.2 Å². The highest BCUT2D eigenvalue weighted by Crippen LogP contribution is 2.45. The molecule has 0 radical (unpaired) electrons. The van der Waals surface area contributed by atoms with Crippen LogP contribution < -0.4 is 10.2 Å². The van der Waals surface area contributed by atoms with Gasteiger partial charge in [-0.15, -0.1) is 0 Å². The maximum absolute atomic E-state index is 14.4. The van der Waals surface area contributed by atoms with Crippen molar-refractivity contribution in [3.8, 4) is 0 Å². The Labute approximate surface area is 220 Å². The molecule has 194 valence electrons. The van der Waals surface area contributed by atoms with E-state index in [9.17, 15) is 22.4 Å². The molecular weight excluding hydrogens is 533 g/mol. The van der Waals surface area contributed by atoms with Gasteiger partial charge in [0.25, 0.3) is 5.91 Å². The Morgan fingerprint density at radius 1 is 1.05 bits per heavy atom. The fourth-order valence-electron chi connectivity index (χ4n) is 4.72. The van der Waals surface area contributed by atoms with E-state index in [1.807, 2.05) is 4.90 Å². The minimum atomic E-state index is -4.85. The van der Waals surface area contributed by atoms with Gasteiger partial charge >= 0.3 is 6.18 Å². The van der Waals surface area contributed by atoms with Crippen LogP contribution in [0.3, 0.4) is 0 Å². The summed E-state index contributed by atoms with van der Waals surface area (Å²) in [7, 11) is 0. The number of aromatic nitrogens is 2. The number of carbonyl (C=O) groups is 1. The van der Waals surface area contributed by atoms with Crippen molar-refractivity contribution in [1.29, 1.82) is 0 Å². The number of piperazine rings is 1. The third-order valence-electron chi connectivity index (χ3n) is 6.45. The van der Waals surface area contributed by atoms with Crippen LogP contribution in [0.5, 0.6) is 0 Å². The van der Waals surface area contributed by atoms with E-state index in [1.54, 1.807) is 31.2 Å². The average molecular weight is 554 g/mol. The second-order valence-corrected chi connectivity index (χ2v) is 9.61. The van der Waals surface area contributed by atoms with Crippen molar-refractivity contribution < 1.29 is 22.4 Å². The van der Waals surface area contributed by atoms with Crippen LogP contribution in [-0.2, 0) is 4.79 Å². The van der Waals surface area contributed by atoms with Crippen LogP contribution in [0.15, 0.2) is 59.8 Å². The smallest absolute Gasteiger partial charge is 0.368 e. The van der Waals surface area contributed by atoms with Crippen LogP contribution in [0.1, 0.15) is 17.3 Å². The standard InChI is InChI=1S/C25H21Cl2F4N5O/c1-14-13-19-32-23(25(29,30)31)20(22(36(19)33-14)17-3-2-4-18(26)21(17)27)24(37)35-11-9-34(10-12-35)16-7-5-15(28)6-8-16/h2-8,13,22,32H,9-12H2,1H3. The van der Waals surface area contributed by atoms with Crippen molar-refractivity contribution in [2.45, 2.75) is 19.1 Å². The van der Waals surface area contributed by atoms with E-state index in [0.29, 0.717) is 18.8 Å². The first kappa shape index (κ1) is 25.4. The van der Waals surface area contributed by atoms with Crippen LogP contribution in [-0.4, -0.2) is 52.9 Å². The SMILES string of the molecule is Cc1cc2n(n1)C(c1cccc(Cl)c1Cl)C(C(=O)N1CCN(c3ccc(F)cc3)CC1)=C(C(F)(F)F)N2. The molecule has 3 heterocycles. The second-order valence-electron chi connectivity index (χ2n) is 8.83. The Morgan fingerprint density at radius 2 is 1.73 bits per heavy atom. The zero-order valence-corrected chi connectivity index (χ0v) is 21.0. The predicted octanol–water partition coefficient (Wildman–Crippen LogP) is 5.82. The van der Waals surface area contributed by atoms with E-state index >= 15 is 0 Å². The molecule has 1 amide bonds. The highest BCUT2D eigenvalue weighted by atomic mass is 35.5. The van der Waals surface area contributed by atoms with Gasteiger partial charge in [0.05, 0.1) is 21.3 Å². The molecule has 6 nitrogen and oxygen atoms in total. The average Bonchev–Trinajstić information content (AvgIpc) is 3.24. The number of carbonyl (C=O) groups excluding carboxylic acids is 1. The number of amides is 1. The molecule has 2 aromatic carbocycles. The van der Waals surface area contributed by atoms with Crippen LogP contribution >= 0.6 is 23.2 Å². The normalized spacial score (nSPS) is 18.1. The largest absolute Gasteiger partial charge is 0.431 e. The van der Waals surface area contributed by atoms with E-state index in [0.717, 1.165) is 5.69 Å². The molecule has 1 N–H and O–H groups in total. The maximum Gasteiger partial charge on any atom is 0.431 e. The molecule has 0 bridgehead atoms. The molecule has 3 aromatic rings. The van der Waals surface area contributed by atoms with Crippen LogP contribution in [0.2, 0.25) is 10.0 Å². The van der Waals surface area contributed by atoms with Crippen molar-refractivity contribution >= 4 is 40.6 Å². The number of alkyl halides is 3. The van der Waals surface area contributed by atoms with Crippen molar-refractivity contribution in [3.05, 3.63) is 86.9 Å². The van der Waals surface area contributed by atoms with Gasteiger partial charge in [0.1, 0.15) is 23.4 Å². The molecular formula is C25H21Cl2F4N5O. The van der Waals surface area contributed by atoms with Gasteiger partial charge in [-0.3, -0.25) is 4.79 Å². The number of allylic oxidation sites excluding steroid dienone is 1. The number of hydrogen-bond donors (Lipinski definition) is 1. The minimum absolute atomic E-state index is 0.0446. The van der Waals surface area contributed by atoms with Gasteiger partial charge in [0, 0.05) is 43.5 Å². The summed E-state index contributed by atoms with van der Waals surface area (Å²) in [6.07, 6.45) is -4.85. The molecule has 0 aliphatic carbocycles. The van der Waals surface area contributed by atoms with Crippen molar-refractivity contribution in [1.82, 2.24) is 14.7 Å². The molecule has 0 saturated carbocycles. The Bertz CT molecular complexity index is 1380. The van der Waals surface area contributed by atoms with Gasteiger partial charge in [-0.1, -0.05) is 35.3 Å². The molecule has 5 rings (SSSR count). The number of nitrogens with zero attached hydrogens (tertiary/aromatic N) is 4. The molecule has 0 spiro atoms. The molecule has 1 atom stereocenters. The number of anilines is 2. The van der Waals surface area contributed by atoms with Gasteiger partial charge in [0.2, 0.25) is 0 Å². The van der Waals surface area contributed by atoms with E-state index in [-0.39, 0.29) is 40.3 Å². The fraction of sp³-hybridized carbons (Fsp3) is 0.280. The summed E-state index contributed by atoms with van der Waals surface area (Å²) < 4.78 is 57.8. The number of benzene rings is 2. The molecule has 1 aromatic heterocycles. The quantitative estimate of drug-likeness (QED) is 0.415. The summed E-state index contributed by atoms with van der Waals surface area (Å²) in [5.41, 5.74) is -0.207. The first-order chi connectivity index (χ1) is 17.5. The first-order valence-electron chi connectivity index (χ1n) is 11.4. The molecule has 37 heavy (non-hydrogen) atoms. The van der Waals surface area contributed by atoms with Gasteiger partial charge in [-0.05, 0) is 37.3 Å². The highest BCUT2D eigenvalue weighted by Gasteiger charge is 2.47. The van der Waals surface area contributed by atoms with E-state index in [2.05, 4.69) is 10.4 Å². The number of hydrogen-bond acceptors (Lipinski definition) is 4. The fourth-order valence-corrected chi connectivity index (χ4v) is 5.13. The van der Waals surface area contributed by atoms with Crippen molar-refractivity contribution in [3.63, 3.8) is 0 Å². The first-order valence-corrected chi connectivity index (χ1v) is 12.2. The highest BCUT2D eigenvalue weighted by molar-refractivity contribution is 6.42. The number of nitrogens with one attached hydrogen (secondary N) is 1. The third kappa shape index (κ3) is 4.75. The lowest BCUT2D eigenvalue weighted by Crippen LogP contribution is -2.51. The summed E-state index contributed by atoms with van der Waals surface area (Å²) in [6, 6.07) is 10.8. The van der Waals surface area contributed by atoms with Crippen LogP contribution in [0.4, 0.5) is 29.1 Å². The topological polar surface area (TPSA) is 53.4 Å². The number of rotatable bonds is 3. The molecule has 1 saturated heterocycles. The van der Waals surface area contributed by atoms with Gasteiger partial charge in [-0.25, -0.2) is 9.07 Å². The van der Waals surface area contributed by atoms with E-state index in [1.165, 1.54) is 33.8 Å². The summed E-state index contributed by atoms with van der Waals surface area (Å²) in [5.74, 6) is -1.06. The molecule has 12 heteroatoms. The van der Waals surface area contributed by atoms with Crippen LogP contribution in [0.25, 0.3) is 0 Å². The van der Waals surface area contributed by atoms with Gasteiger partial charge < -0.3 is 15.1 Å². The number of fused-ring (bicyclic) bond motifs is 1. The lowest BCUT2D eigenvalue weighted by molar-refractivity contribution is -0.129. The summed E-state index contributed by atoms with van der Waals surface area (Å²) in [5, 5.41) is 6.96. The Kier molecular flexibility index (Phi) is 6.57. The molecule has 2 aliphatic rings. The van der Waals surface area contributed by atoms with Crippen molar-refractivity contribution in [2.24, 2.45) is 0 Å². The van der Waals surface area contributed by atoms with Crippen LogP contribution in [0, 0.1) is 12.7 Å². The Balaban J connectivity index is 1.55.